The van der Waals surface area contributed by atoms with Crippen LogP contribution >= 0.6 is 0 Å². The van der Waals surface area contributed by atoms with Gasteiger partial charge in [-0.25, -0.2) is 8.42 Å². The highest BCUT2D eigenvalue weighted by atomic mass is 32.2. The minimum absolute atomic E-state index is 0.0238. The molecular weight excluding hydrogens is 314 g/mol. The quantitative estimate of drug-likeness (QED) is 0.874. The molecule has 2 aromatic rings. The Kier molecular flexibility index (Phi) is 4.98. The molecule has 0 heterocycles. The Morgan fingerprint density at radius 3 is 2.52 bits per heavy atom. The molecule has 118 valence electrons. The Morgan fingerprint density at radius 2 is 1.83 bits per heavy atom. The van der Waals surface area contributed by atoms with Crippen LogP contribution in [-0.2, 0) is 14.6 Å². The molecule has 2 aromatic carbocycles. The van der Waals surface area contributed by atoms with Gasteiger partial charge in [0.2, 0.25) is 5.91 Å². The van der Waals surface area contributed by atoms with Crippen molar-refractivity contribution in [3.63, 3.8) is 0 Å². The second-order valence-corrected chi connectivity index (χ2v) is 6.91. The zero-order chi connectivity index (χ0) is 16.9. The molecule has 0 saturated carbocycles. The fraction of sp³-hybridized carbons (Fsp3) is 0.125. The molecule has 23 heavy (non-hydrogen) atoms. The number of hydrogen-bond donors (Lipinski definition) is 2. The third-order valence-electron chi connectivity index (χ3n) is 2.99. The van der Waals surface area contributed by atoms with Crippen LogP contribution in [0.2, 0.25) is 0 Å². The molecule has 6 nitrogen and oxygen atoms in total. The van der Waals surface area contributed by atoms with Gasteiger partial charge in [-0.3, -0.25) is 4.79 Å². The number of amides is 1. The number of nitrogens with one attached hydrogen (secondary N) is 2. The third-order valence-corrected chi connectivity index (χ3v) is 4.10. The van der Waals surface area contributed by atoms with Crippen LogP contribution in [0.4, 0.5) is 11.4 Å². The molecule has 0 spiro atoms. The number of carbonyl (C=O) groups excluding carboxylic acids is 1. The van der Waals surface area contributed by atoms with Gasteiger partial charge in [0.05, 0.1) is 23.1 Å². The van der Waals surface area contributed by atoms with Crippen LogP contribution in [-0.4, -0.2) is 27.1 Å². The summed E-state index contributed by atoms with van der Waals surface area (Å²) in [7, 11) is -3.29. The van der Waals surface area contributed by atoms with Crippen molar-refractivity contribution in [2.45, 2.75) is 4.90 Å². The Labute approximate surface area is 134 Å². The van der Waals surface area contributed by atoms with E-state index in [2.05, 4.69) is 10.6 Å². The van der Waals surface area contributed by atoms with Gasteiger partial charge in [0.25, 0.3) is 0 Å². The summed E-state index contributed by atoms with van der Waals surface area (Å²) in [6.07, 6.45) is 1.13. The van der Waals surface area contributed by atoms with Crippen LogP contribution in [0.15, 0.2) is 53.4 Å². The summed E-state index contributed by atoms with van der Waals surface area (Å²) in [4.78, 5) is 12.1. The number of hydrogen-bond acceptors (Lipinski definition) is 5. The van der Waals surface area contributed by atoms with Crippen molar-refractivity contribution < 1.29 is 13.2 Å². The van der Waals surface area contributed by atoms with Crippen molar-refractivity contribution in [1.29, 1.82) is 5.26 Å². The van der Waals surface area contributed by atoms with Gasteiger partial charge >= 0.3 is 0 Å². The number of rotatable bonds is 5. The Balaban J connectivity index is 1.98. The topological polar surface area (TPSA) is 99.1 Å². The maximum absolute atomic E-state index is 11.9. The molecule has 0 atom stereocenters. The first-order valence-electron chi connectivity index (χ1n) is 6.72. The van der Waals surface area contributed by atoms with E-state index in [1.807, 2.05) is 6.07 Å². The summed E-state index contributed by atoms with van der Waals surface area (Å²) in [6, 6.07) is 14.8. The predicted molar refractivity (Wildman–Crippen MR) is 87.8 cm³/mol. The van der Waals surface area contributed by atoms with Crippen molar-refractivity contribution in [3.8, 4) is 6.07 Å². The summed E-state index contributed by atoms with van der Waals surface area (Å²) in [5.74, 6) is -0.301. The zero-order valence-electron chi connectivity index (χ0n) is 12.4. The minimum Gasteiger partial charge on any atom is -0.376 e. The first-order valence-corrected chi connectivity index (χ1v) is 8.61. The maximum atomic E-state index is 11.9. The van der Waals surface area contributed by atoms with Gasteiger partial charge in [-0.05, 0) is 36.4 Å². The standard InChI is InChI=1S/C16H15N3O3S/c1-23(21,22)15-7-3-5-13(9-15)18-11-16(20)19-14-6-2-4-12(8-14)10-17/h2-9,18H,11H2,1H3,(H,19,20). The van der Waals surface area contributed by atoms with Crippen LogP contribution < -0.4 is 10.6 Å². The van der Waals surface area contributed by atoms with E-state index in [9.17, 15) is 13.2 Å². The summed E-state index contributed by atoms with van der Waals surface area (Å²) in [6.45, 7) is -0.0238. The van der Waals surface area contributed by atoms with Gasteiger partial charge in [-0.15, -0.1) is 0 Å². The molecule has 1 amide bonds. The van der Waals surface area contributed by atoms with E-state index in [4.69, 9.17) is 5.26 Å². The SMILES string of the molecule is CS(=O)(=O)c1cccc(NCC(=O)Nc2cccc(C#N)c2)c1. The molecule has 0 radical (unpaired) electrons. The van der Waals surface area contributed by atoms with E-state index >= 15 is 0 Å². The van der Waals surface area contributed by atoms with Gasteiger partial charge in [-0.1, -0.05) is 12.1 Å². The number of nitriles is 1. The zero-order valence-corrected chi connectivity index (χ0v) is 13.2. The van der Waals surface area contributed by atoms with Crippen LogP contribution in [0.1, 0.15) is 5.56 Å². The van der Waals surface area contributed by atoms with Crippen LogP contribution in [0.25, 0.3) is 0 Å². The van der Waals surface area contributed by atoms with Gasteiger partial charge in [0.1, 0.15) is 0 Å². The van der Waals surface area contributed by atoms with Gasteiger partial charge in [0, 0.05) is 17.6 Å². The molecule has 0 unspecified atom stereocenters. The number of sulfone groups is 1. The lowest BCUT2D eigenvalue weighted by molar-refractivity contribution is -0.114. The Morgan fingerprint density at radius 1 is 1.13 bits per heavy atom. The van der Waals surface area contributed by atoms with Gasteiger partial charge in [-0.2, -0.15) is 5.26 Å². The van der Waals surface area contributed by atoms with Crippen molar-refractivity contribution in [3.05, 3.63) is 54.1 Å². The summed E-state index contributed by atoms with van der Waals surface area (Å²) >= 11 is 0. The van der Waals surface area contributed by atoms with Gasteiger partial charge < -0.3 is 10.6 Å². The Bertz CT molecular complexity index is 870. The van der Waals surface area contributed by atoms with Crippen molar-refractivity contribution in [1.82, 2.24) is 0 Å². The van der Waals surface area contributed by atoms with E-state index in [-0.39, 0.29) is 17.3 Å². The molecular formula is C16H15N3O3S. The van der Waals surface area contributed by atoms with Gasteiger partial charge in [0.15, 0.2) is 9.84 Å². The highest BCUT2D eigenvalue weighted by molar-refractivity contribution is 7.90. The first-order chi connectivity index (χ1) is 10.9. The lowest BCUT2D eigenvalue weighted by Crippen LogP contribution is -2.21. The second kappa shape index (κ2) is 6.94. The monoisotopic (exact) mass is 329 g/mol. The molecule has 0 aliphatic carbocycles. The average Bonchev–Trinajstić information content (AvgIpc) is 2.52. The van der Waals surface area contributed by atoms with Crippen molar-refractivity contribution in [2.24, 2.45) is 0 Å². The van der Waals surface area contributed by atoms with E-state index < -0.39 is 9.84 Å². The van der Waals surface area contributed by atoms with Crippen LogP contribution in [0.5, 0.6) is 0 Å². The highest BCUT2D eigenvalue weighted by Crippen LogP contribution is 2.15. The number of carbonyl (C=O) groups is 1. The smallest absolute Gasteiger partial charge is 0.243 e. The molecule has 2 N–H and O–H groups in total. The van der Waals surface area contributed by atoms with Crippen molar-refractivity contribution >= 4 is 27.1 Å². The second-order valence-electron chi connectivity index (χ2n) is 4.89. The fourth-order valence-electron chi connectivity index (χ4n) is 1.89. The molecule has 0 saturated heterocycles. The molecule has 0 aliphatic heterocycles. The average molecular weight is 329 g/mol. The molecule has 0 aliphatic rings. The molecule has 2 rings (SSSR count). The number of anilines is 2. The lowest BCUT2D eigenvalue weighted by atomic mass is 10.2. The Hall–Kier alpha value is -2.85. The third kappa shape index (κ3) is 4.83. The predicted octanol–water partition coefficient (Wildman–Crippen LogP) is 2.01. The molecule has 0 bridgehead atoms. The van der Waals surface area contributed by atoms with Crippen LogP contribution in [0.3, 0.4) is 0 Å². The van der Waals surface area contributed by atoms with E-state index in [0.29, 0.717) is 16.9 Å². The van der Waals surface area contributed by atoms with E-state index in [1.165, 1.54) is 12.1 Å². The van der Waals surface area contributed by atoms with Crippen molar-refractivity contribution in [2.75, 3.05) is 23.4 Å². The molecule has 0 aromatic heterocycles. The first kappa shape index (κ1) is 16.5. The highest BCUT2D eigenvalue weighted by Gasteiger charge is 2.08. The summed E-state index contributed by atoms with van der Waals surface area (Å²) < 4.78 is 23.0. The summed E-state index contributed by atoms with van der Waals surface area (Å²) in [5.41, 5.74) is 1.52. The lowest BCUT2D eigenvalue weighted by Gasteiger charge is -2.09. The van der Waals surface area contributed by atoms with E-state index in [0.717, 1.165) is 6.26 Å². The largest absolute Gasteiger partial charge is 0.376 e. The fourth-order valence-corrected chi connectivity index (χ4v) is 2.56. The summed E-state index contributed by atoms with van der Waals surface area (Å²) in [5, 5.41) is 14.3. The molecule has 0 fully saturated rings. The number of nitrogens with zero attached hydrogens (tertiary/aromatic N) is 1. The minimum atomic E-state index is -3.29. The van der Waals surface area contributed by atoms with Crippen LogP contribution in [0, 0.1) is 11.3 Å². The molecule has 7 heteroatoms. The normalized spacial score (nSPS) is 10.6. The van der Waals surface area contributed by atoms with E-state index in [1.54, 1.807) is 36.4 Å². The number of benzene rings is 2. The maximum Gasteiger partial charge on any atom is 0.243 e.